The molecule has 0 bridgehead atoms. The van der Waals surface area contributed by atoms with Gasteiger partial charge >= 0.3 is 0 Å². The van der Waals surface area contributed by atoms with Crippen LogP contribution in [0.2, 0.25) is 0 Å². The van der Waals surface area contributed by atoms with Gasteiger partial charge in [-0.05, 0) is 25.8 Å². The van der Waals surface area contributed by atoms with Crippen LogP contribution < -0.4 is 10.6 Å². The summed E-state index contributed by atoms with van der Waals surface area (Å²) < 4.78 is 0. The standard InChI is InChI=1S/C17H28N4O3/c22-15(19-6-3-9-20-10-7-18-8-11-20)12-21-16(23)13-4-1-2-5-14(13)17(21)24/h13-14,18H,1-12H2,(H,19,22). The number of piperazine rings is 1. The molecule has 2 aliphatic heterocycles. The van der Waals surface area contributed by atoms with E-state index in [1.54, 1.807) is 0 Å². The highest BCUT2D eigenvalue weighted by atomic mass is 16.2. The second-order valence-electron chi connectivity index (χ2n) is 7.06. The molecule has 0 spiro atoms. The third-order valence-electron chi connectivity index (χ3n) is 5.42. The van der Waals surface area contributed by atoms with Crippen molar-refractivity contribution in [2.24, 2.45) is 11.8 Å². The Labute approximate surface area is 143 Å². The van der Waals surface area contributed by atoms with Crippen LogP contribution in [0.4, 0.5) is 0 Å². The number of amides is 3. The Hall–Kier alpha value is -1.47. The zero-order valence-corrected chi connectivity index (χ0v) is 14.3. The number of nitrogens with one attached hydrogen (secondary N) is 2. The van der Waals surface area contributed by atoms with Crippen molar-refractivity contribution in [3.05, 3.63) is 0 Å². The average Bonchev–Trinajstić information content (AvgIpc) is 2.85. The fourth-order valence-corrected chi connectivity index (χ4v) is 4.05. The van der Waals surface area contributed by atoms with Crippen LogP contribution in [0.3, 0.4) is 0 Å². The van der Waals surface area contributed by atoms with Gasteiger partial charge in [0.25, 0.3) is 0 Å². The molecule has 2 saturated heterocycles. The molecule has 3 rings (SSSR count). The van der Waals surface area contributed by atoms with Crippen molar-refractivity contribution in [3.8, 4) is 0 Å². The van der Waals surface area contributed by atoms with Crippen molar-refractivity contribution in [1.82, 2.24) is 20.4 Å². The zero-order valence-electron chi connectivity index (χ0n) is 14.3. The van der Waals surface area contributed by atoms with Crippen LogP contribution in [0, 0.1) is 11.8 Å². The van der Waals surface area contributed by atoms with Crippen molar-refractivity contribution in [2.45, 2.75) is 32.1 Å². The maximum Gasteiger partial charge on any atom is 0.240 e. The fraction of sp³-hybridized carbons (Fsp3) is 0.824. The third kappa shape index (κ3) is 3.95. The topological polar surface area (TPSA) is 81.8 Å². The Morgan fingerprint density at radius 2 is 1.71 bits per heavy atom. The van der Waals surface area contributed by atoms with Gasteiger partial charge in [0.15, 0.2) is 0 Å². The Morgan fingerprint density at radius 3 is 2.33 bits per heavy atom. The molecule has 24 heavy (non-hydrogen) atoms. The highest BCUT2D eigenvalue weighted by Crippen LogP contribution is 2.37. The minimum Gasteiger partial charge on any atom is -0.354 e. The molecule has 2 unspecified atom stereocenters. The molecule has 1 saturated carbocycles. The Balaban J connectivity index is 1.38. The van der Waals surface area contributed by atoms with E-state index in [1.807, 2.05) is 0 Å². The van der Waals surface area contributed by atoms with E-state index in [9.17, 15) is 14.4 Å². The summed E-state index contributed by atoms with van der Waals surface area (Å²) >= 11 is 0. The summed E-state index contributed by atoms with van der Waals surface area (Å²) in [6.07, 6.45) is 4.48. The first-order valence-corrected chi connectivity index (χ1v) is 9.22. The highest BCUT2D eigenvalue weighted by molar-refractivity contribution is 6.07. The van der Waals surface area contributed by atoms with Crippen LogP contribution in [-0.4, -0.2) is 73.3 Å². The van der Waals surface area contributed by atoms with E-state index in [2.05, 4.69) is 15.5 Å². The van der Waals surface area contributed by atoms with Crippen LogP contribution in [-0.2, 0) is 14.4 Å². The molecule has 7 nitrogen and oxygen atoms in total. The Morgan fingerprint density at radius 1 is 1.08 bits per heavy atom. The van der Waals surface area contributed by atoms with E-state index in [-0.39, 0.29) is 36.1 Å². The summed E-state index contributed by atoms with van der Waals surface area (Å²) in [7, 11) is 0. The second kappa shape index (κ2) is 8.07. The van der Waals surface area contributed by atoms with Crippen LogP contribution in [0.5, 0.6) is 0 Å². The van der Waals surface area contributed by atoms with E-state index >= 15 is 0 Å². The lowest BCUT2D eigenvalue weighted by molar-refractivity contribution is -0.143. The van der Waals surface area contributed by atoms with Crippen LogP contribution in [0.1, 0.15) is 32.1 Å². The van der Waals surface area contributed by atoms with Crippen molar-refractivity contribution >= 4 is 17.7 Å². The van der Waals surface area contributed by atoms with E-state index < -0.39 is 0 Å². The van der Waals surface area contributed by atoms with E-state index in [1.165, 1.54) is 4.90 Å². The van der Waals surface area contributed by atoms with E-state index in [0.29, 0.717) is 6.54 Å². The highest BCUT2D eigenvalue weighted by Gasteiger charge is 2.48. The minimum absolute atomic E-state index is 0.113. The van der Waals surface area contributed by atoms with Gasteiger partial charge in [0, 0.05) is 32.7 Å². The summed E-state index contributed by atoms with van der Waals surface area (Å²) in [6.45, 7) is 5.58. The summed E-state index contributed by atoms with van der Waals surface area (Å²) in [5.41, 5.74) is 0. The van der Waals surface area contributed by atoms with Gasteiger partial charge in [0.2, 0.25) is 17.7 Å². The molecule has 0 radical (unpaired) electrons. The molecule has 2 N–H and O–H groups in total. The molecule has 2 atom stereocenters. The quantitative estimate of drug-likeness (QED) is 0.508. The number of rotatable bonds is 6. The number of nitrogens with zero attached hydrogens (tertiary/aromatic N) is 2. The molecule has 1 aliphatic carbocycles. The predicted octanol–water partition coefficient (Wildman–Crippen LogP) is -0.427. The number of hydrogen-bond acceptors (Lipinski definition) is 5. The summed E-state index contributed by atoms with van der Waals surface area (Å²) in [6, 6.07) is 0. The maximum absolute atomic E-state index is 12.3. The van der Waals surface area contributed by atoms with Crippen LogP contribution >= 0.6 is 0 Å². The first-order chi connectivity index (χ1) is 11.7. The number of likely N-dealkylation sites (tertiary alicyclic amines) is 1. The lowest BCUT2D eigenvalue weighted by atomic mass is 9.81. The summed E-state index contributed by atoms with van der Waals surface area (Å²) in [5.74, 6) is -0.851. The molecule has 134 valence electrons. The van der Waals surface area contributed by atoms with Gasteiger partial charge in [0.05, 0.1) is 11.8 Å². The van der Waals surface area contributed by atoms with Crippen LogP contribution in [0.25, 0.3) is 0 Å². The van der Waals surface area contributed by atoms with Gasteiger partial charge in [-0.25, -0.2) is 0 Å². The monoisotopic (exact) mass is 336 g/mol. The van der Waals surface area contributed by atoms with Gasteiger partial charge in [-0.2, -0.15) is 0 Å². The second-order valence-corrected chi connectivity index (χ2v) is 7.06. The number of hydrogen-bond donors (Lipinski definition) is 2. The summed E-state index contributed by atoms with van der Waals surface area (Å²) in [5, 5.41) is 6.16. The molecule has 7 heteroatoms. The molecule has 0 aromatic heterocycles. The molecular formula is C17H28N4O3. The molecule has 3 aliphatic rings. The van der Waals surface area contributed by atoms with E-state index in [4.69, 9.17) is 0 Å². The smallest absolute Gasteiger partial charge is 0.240 e. The lowest BCUT2D eigenvalue weighted by Crippen LogP contribution is -2.45. The summed E-state index contributed by atoms with van der Waals surface area (Å²) in [4.78, 5) is 40.3. The molecule has 3 fully saturated rings. The van der Waals surface area contributed by atoms with Crippen molar-refractivity contribution in [2.75, 3.05) is 45.8 Å². The zero-order chi connectivity index (χ0) is 16.9. The van der Waals surface area contributed by atoms with Crippen molar-refractivity contribution in [3.63, 3.8) is 0 Å². The van der Waals surface area contributed by atoms with E-state index in [0.717, 1.165) is 64.8 Å². The minimum atomic E-state index is -0.226. The molecular weight excluding hydrogens is 308 g/mol. The normalized spacial score (nSPS) is 28.1. The lowest BCUT2D eigenvalue weighted by Gasteiger charge is -2.27. The average molecular weight is 336 g/mol. The number of carbonyl (C=O) groups excluding carboxylic acids is 3. The van der Waals surface area contributed by atoms with Gasteiger partial charge in [-0.3, -0.25) is 19.3 Å². The molecule has 0 aromatic rings. The van der Waals surface area contributed by atoms with Gasteiger partial charge in [-0.1, -0.05) is 12.8 Å². The Kier molecular flexibility index (Phi) is 5.84. The SMILES string of the molecule is O=C(CN1C(=O)C2CCCCC2C1=O)NCCCN1CCNCC1. The van der Waals surface area contributed by atoms with Gasteiger partial charge in [-0.15, -0.1) is 0 Å². The number of imide groups is 1. The first kappa shape index (κ1) is 17.4. The van der Waals surface area contributed by atoms with Gasteiger partial charge < -0.3 is 15.5 Å². The molecule has 0 aromatic carbocycles. The number of fused-ring (bicyclic) bond motifs is 1. The predicted molar refractivity (Wildman–Crippen MR) is 89.1 cm³/mol. The fourth-order valence-electron chi connectivity index (χ4n) is 4.05. The third-order valence-corrected chi connectivity index (χ3v) is 5.42. The van der Waals surface area contributed by atoms with Crippen LogP contribution in [0.15, 0.2) is 0 Å². The Bertz CT molecular complexity index is 466. The van der Waals surface area contributed by atoms with Crippen molar-refractivity contribution in [1.29, 1.82) is 0 Å². The first-order valence-electron chi connectivity index (χ1n) is 9.22. The maximum atomic E-state index is 12.3. The van der Waals surface area contributed by atoms with Crippen molar-refractivity contribution < 1.29 is 14.4 Å². The molecule has 3 amide bonds. The largest absolute Gasteiger partial charge is 0.354 e. The number of carbonyl (C=O) groups is 3. The molecule has 2 heterocycles. The van der Waals surface area contributed by atoms with Gasteiger partial charge in [0.1, 0.15) is 6.54 Å².